The molecule has 0 aliphatic rings. The molecule has 0 saturated heterocycles. The molecule has 3 aromatic rings. The topological polar surface area (TPSA) is 77.6 Å². The van der Waals surface area contributed by atoms with Crippen molar-refractivity contribution >= 4 is 23.4 Å². The third-order valence-corrected chi connectivity index (χ3v) is 6.39. The molecular weight excluding hydrogens is 396 g/mol. The Balaban J connectivity index is 1.73. The highest BCUT2D eigenvalue weighted by Gasteiger charge is 2.22. The van der Waals surface area contributed by atoms with Crippen LogP contribution in [0.2, 0.25) is 0 Å². The van der Waals surface area contributed by atoms with Crippen molar-refractivity contribution < 1.29 is 4.79 Å². The molecule has 1 aromatic carbocycles. The number of benzene rings is 1. The second-order valence-electron chi connectivity index (χ2n) is 8.61. The summed E-state index contributed by atoms with van der Waals surface area (Å²) < 4.78 is 3.70. The number of hydrogen-bond donors (Lipinski definition) is 1. The van der Waals surface area contributed by atoms with Crippen molar-refractivity contribution in [3.8, 4) is 11.4 Å². The van der Waals surface area contributed by atoms with Crippen molar-refractivity contribution in [2.24, 2.45) is 14.1 Å². The second kappa shape index (κ2) is 8.26. The summed E-state index contributed by atoms with van der Waals surface area (Å²) in [6.45, 7) is 12.3. The Hall–Kier alpha value is -2.61. The van der Waals surface area contributed by atoms with E-state index in [1.54, 1.807) is 4.68 Å². The summed E-state index contributed by atoms with van der Waals surface area (Å²) in [6, 6.07) is 8.41. The largest absolute Gasteiger partial charge is 0.322 e. The lowest BCUT2D eigenvalue weighted by molar-refractivity contribution is -0.115. The normalized spacial score (nSPS) is 12.8. The molecular formula is C22H30N6OS. The minimum absolute atomic E-state index is 0.0849. The van der Waals surface area contributed by atoms with Crippen molar-refractivity contribution in [3.05, 3.63) is 41.2 Å². The maximum atomic E-state index is 12.7. The summed E-state index contributed by atoms with van der Waals surface area (Å²) in [4.78, 5) is 12.7. The molecule has 160 valence electrons. The van der Waals surface area contributed by atoms with E-state index in [1.165, 1.54) is 17.3 Å². The summed E-state index contributed by atoms with van der Waals surface area (Å²) in [5.74, 6) is 0.697. The lowest BCUT2D eigenvalue weighted by Crippen LogP contribution is -2.23. The van der Waals surface area contributed by atoms with E-state index in [0.29, 0.717) is 5.16 Å². The Morgan fingerprint density at radius 2 is 1.73 bits per heavy atom. The number of carbonyl (C=O) groups is 1. The summed E-state index contributed by atoms with van der Waals surface area (Å²) in [5, 5.41) is 16.4. The van der Waals surface area contributed by atoms with Gasteiger partial charge < -0.3 is 9.88 Å². The lowest BCUT2D eigenvalue weighted by Gasteiger charge is -2.19. The molecule has 0 aliphatic carbocycles. The number of hydrogen-bond acceptors (Lipinski definition) is 5. The average Bonchev–Trinajstić information content (AvgIpc) is 3.15. The molecule has 2 aromatic heterocycles. The van der Waals surface area contributed by atoms with E-state index in [-0.39, 0.29) is 16.6 Å². The summed E-state index contributed by atoms with van der Waals surface area (Å²) in [7, 11) is 3.79. The first-order valence-electron chi connectivity index (χ1n) is 9.97. The van der Waals surface area contributed by atoms with Gasteiger partial charge in [0.25, 0.3) is 0 Å². The van der Waals surface area contributed by atoms with Crippen molar-refractivity contribution in [2.75, 3.05) is 5.32 Å². The average molecular weight is 427 g/mol. The minimum Gasteiger partial charge on any atom is -0.322 e. The molecule has 0 radical (unpaired) electrons. The van der Waals surface area contributed by atoms with Crippen molar-refractivity contribution in [2.45, 2.75) is 57.4 Å². The zero-order valence-electron chi connectivity index (χ0n) is 18.9. The number of nitrogens with one attached hydrogen (secondary N) is 1. The Labute approximate surface area is 182 Å². The van der Waals surface area contributed by atoms with Gasteiger partial charge in [0.05, 0.1) is 22.3 Å². The molecule has 1 atom stereocenters. The Kier molecular flexibility index (Phi) is 6.08. The molecule has 1 unspecified atom stereocenters. The van der Waals surface area contributed by atoms with Gasteiger partial charge in [-0.05, 0) is 31.7 Å². The van der Waals surface area contributed by atoms with Crippen LogP contribution in [0.25, 0.3) is 11.4 Å². The zero-order valence-corrected chi connectivity index (χ0v) is 19.8. The second-order valence-corrected chi connectivity index (χ2v) is 9.92. The molecule has 0 aliphatic heterocycles. The van der Waals surface area contributed by atoms with Crippen LogP contribution in [0.5, 0.6) is 0 Å². The molecule has 3 rings (SSSR count). The number of aromatic nitrogens is 5. The predicted octanol–water partition coefficient (Wildman–Crippen LogP) is 4.25. The fraction of sp³-hybridized carbons (Fsp3) is 0.455. The van der Waals surface area contributed by atoms with Gasteiger partial charge in [0.15, 0.2) is 11.0 Å². The first kappa shape index (κ1) is 22.1. The van der Waals surface area contributed by atoms with E-state index in [0.717, 1.165) is 28.5 Å². The van der Waals surface area contributed by atoms with E-state index in [2.05, 4.69) is 65.6 Å². The fourth-order valence-electron chi connectivity index (χ4n) is 3.18. The molecule has 0 spiro atoms. The molecule has 0 bridgehead atoms. The SMILES string of the molecule is Cc1nn(C)c(C)c1NC(=O)C(C)Sc1nnc(-c2ccc(C(C)(C)C)cc2)n1C. The van der Waals surface area contributed by atoms with Gasteiger partial charge in [-0.25, -0.2) is 0 Å². The quantitative estimate of drug-likeness (QED) is 0.617. The van der Waals surface area contributed by atoms with Crippen LogP contribution in [0.1, 0.15) is 44.6 Å². The predicted molar refractivity (Wildman–Crippen MR) is 122 cm³/mol. The van der Waals surface area contributed by atoms with Crippen molar-refractivity contribution in [3.63, 3.8) is 0 Å². The van der Waals surface area contributed by atoms with Gasteiger partial charge >= 0.3 is 0 Å². The first-order valence-corrected chi connectivity index (χ1v) is 10.8. The molecule has 1 N–H and O–H groups in total. The number of anilines is 1. The smallest absolute Gasteiger partial charge is 0.237 e. The lowest BCUT2D eigenvalue weighted by atomic mass is 9.87. The number of amides is 1. The molecule has 7 nitrogen and oxygen atoms in total. The number of nitrogens with zero attached hydrogens (tertiary/aromatic N) is 5. The number of thioether (sulfide) groups is 1. The highest BCUT2D eigenvalue weighted by atomic mass is 32.2. The molecule has 1 amide bonds. The molecule has 8 heteroatoms. The summed E-state index contributed by atoms with van der Waals surface area (Å²) in [5.41, 5.74) is 4.89. The molecule has 0 fully saturated rings. The fourth-order valence-corrected chi connectivity index (χ4v) is 3.99. The van der Waals surface area contributed by atoms with E-state index < -0.39 is 0 Å². The van der Waals surface area contributed by atoms with E-state index in [9.17, 15) is 4.79 Å². The van der Waals surface area contributed by atoms with Gasteiger partial charge in [-0.1, -0.05) is 56.8 Å². The summed E-state index contributed by atoms with van der Waals surface area (Å²) in [6.07, 6.45) is 0. The molecule has 0 saturated carbocycles. The van der Waals surface area contributed by atoms with Gasteiger partial charge in [0.2, 0.25) is 5.91 Å². The number of aryl methyl sites for hydroxylation is 2. The third-order valence-electron chi connectivity index (χ3n) is 5.25. The zero-order chi connectivity index (χ0) is 22.2. The van der Waals surface area contributed by atoms with Gasteiger partial charge in [0.1, 0.15) is 0 Å². The van der Waals surface area contributed by atoms with Gasteiger partial charge in [-0.2, -0.15) is 5.10 Å². The maximum absolute atomic E-state index is 12.7. The van der Waals surface area contributed by atoms with Crippen LogP contribution in [0, 0.1) is 13.8 Å². The molecule has 2 heterocycles. The van der Waals surface area contributed by atoms with Gasteiger partial charge in [-0.3, -0.25) is 9.48 Å². The third kappa shape index (κ3) is 4.43. The van der Waals surface area contributed by atoms with Gasteiger partial charge in [-0.15, -0.1) is 10.2 Å². The standard InChI is InChI=1S/C22H30N6OS/c1-13-18(14(2)28(8)26-13)23-20(29)15(3)30-21-25-24-19(27(21)7)16-9-11-17(12-10-16)22(4,5)6/h9-12,15H,1-8H3,(H,23,29). The molecule has 30 heavy (non-hydrogen) atoms. The maximum Gasteiger partial charge on any atom is 0.237 e. The number of carbonyl (C=O) groups excluding carboxylic acids is 1. The van der Waals surface area contributed by atoms with E-state index in [1.807, 2.05) is 39.4 Å². The number of rotatable bonds is 5. The van der Waals surface area contributed by atoms with Crippen LogP contribution in [0.3, 0.4) is 0 Å². The van der Waals surface area contributed by atoms with Gasteiger partial charge in [0, 0.05) is 19.7 Å². The first-order chi connectivity index (χ1) is 14.0. The Morgan fingerprint density at radius 1 is 1.10 bits per heavy atom. The van der Waals surface area contributed by atoms with E-state index in [4.69, 9.17) is 0 Å². The van der Waals surface area contributed by atoms with Crippen LogP contribution in [-0.4, -0.2) is 35.7 Å². The van der Waals surface area contributed by atoms with Crippen LogP contribution in [0.4, 0.5) is 5.69 Å². The summed E-state index contributed by atoms with van der Waals surface area (Å²) >= 11 is 1.39. The van der Waals surface area contributed by atoms with Crippen LogP contribution >= 0.6 is 11.8 Å². The highest BCUT2D eigenvalue weighted by Crippen LogP contribution is 2.29. The highest BCUT2D eigenvalue weighted by molar-refractivity contribution is 8.00. The Bertz CT molecular complexity index is 1060. The van der Waals surface area contributed by atoms with Crippen molar-refractivity contribution in [1.82, 2.24) is 24.5 Å². The van der Waals surface area contributed by atoms with Crippen LogP contribution in [0.15, 0.2) is 29.4 Å². The van der Waals surface area contributed by atoms with E-state index >= 15 is 0 Å². The minimum atomic E-state index is -0.331. The monoisotopic (exact) mass is 426 g/mol. The van der Waals surface area contributed by atoms with Crippen molar-refractivity contribution in [1.29, 1.82) is 0 Å². The Morgan fingerprint density at radius 3 is 2.27 bits per heavy atom. The van der Waals surface area contributed by atoms with Crippen LogP contribution < -0.4 is 5.32 Å². The van der Waals surface area contributed by atoms with Crippen LogP contribution in [-0.2, 0) is 24.3 Å².